The molecule has 1 N–H and O–H groups in total. The second-order valence-corrected chi connectivity index (χ2v) is 4.35. The highest BCUT2D eigenvalue weighted by Gasteiger charge is 2.38. The minimum atomic E-state index is -4.83. The standard InChI is InChI=1S/C14H16F3NO2/c15-14(16,17)13(20)18-10-6-2-5-9-12(19)11-7-3-1-4-8-11/h1,3-4,7-8H,2,5-6,9-10H2,(H,18,20). The summed E-state index contributed by atoms with van der Waals surface area (Å²) in [7, 11) is 0. The van der Waals surface area contributed by atoms with Crippen molar-refractivity contribution in [2.75, 3.05) is 6.54 Å². The lowest BCUT2D eigenvalue weighted by atomic mass is 10.0. The number of alkyl halides is 3. The lowest BCUT2D eigenvalue weighted by molar-refractivity contribution is -0.173. The summed E-state index contributed by atoms with van der Waals surface area (Å²) in [5.41, 5.74) is 0.637. The van der Waals surface area contributed by atoms with Crippen LogP contribution in [-0.4, -0.2) is 24.4 Å². The molecular weight excluding hydrogens is 271 g/mol. The topological polar surface area (TPSA) is 46.2 Å². The van der Waals surface area contributed by atoms with Gasteiger partial charge in [0.05, 0.1) is 0 Å². The summed E-state index contributed by atoms with van der Waals surface area (Å²) in [5.74, 6) is -1.90. The normalized spacial score (nSPS) is 11.2. The number of amides is 1. The highest BCUT2D eigenvalue weighted by atomic mass is 19.4. The first kappa shape index (κ1) is 16.2. The van der Waals surface area contributed by atoms with Gasteiger partial charge in [0.15, 0.2) is 5.78 Å². The van der Waals surface area contributed by atoms with Gasteiger partial charge in [-0.25, -0.2) is 0 Å². The molecule has 3 nitrogen and oxygen atoms in total. The molecule has 0 heterocycles. The maximum Gasteiger partial charge on any atom is 0.471 e. The molecule has 1 aromatic carbocycles. The summed E-state index contributed by atoms with van der Waals surface area (Å²) in [4.78, 5) is 22.2. The monoisotopic (exact) mass is 287 g/mol. The van der Waals surface area contributed by atoms with Crippen LogP contribution in [0.2, 0.25) is 0 Å². The average Bonchev–Trinajstić information content (AvgIpc) is 2.42. The molecule has 0 aliphatic rings. The molecule has 6 heteroatoms. The average molecular weight is 287 g/mol. The van der Waals surface area contributed by atoms with Crippen LogP contribution in [0.25, 0.3) is 0 Å². The Morgan fingerprint density at radius 1 is 1.00 bits per heavy atom. The molecule has 0 aliphatic carbocycles. The van der Waals surface area contributed by atoms with Crippen molar-refractivity contribution in [3.63, 3.8) is 0 Å². The largest absolute Gasteiger partial charge is 0.471 e. The van der Waals surface area contributed by atoms with E-state index >= 15 is 0 Å². The summed E-state index contributed by atoms with van der Waals surface area (Å²) in [6.45, 7) is -0.0299. The molecule has 0 unspecified atom stereocenters. The van der Waals surface area contributed by atoms with Crippen LogP contribution in [0.4, 0.5) is 13.2 Å². The van der Waals surface area contributed by atoms with Crippen LogP contribution in [0, 0.1) is 0 Å². The van der Waals surface area contributed by atoms with Crippen molar-refractivity contribution >= 4 is 11.7 Å². The molecule has 0 saturated carbocycles. The van der Waals surface area contributed by atoms with E-state index in [9.17, 15) is 22.8 Å². The molecule has 0 bridgehead atoms. The highest BCUT2D eigenvalue weighted by molar-refractivity contribution is 5.95. The fraction of sp³-hybridized carbons (Fsp3) is 0.429. The Balaban J connectivity index is 2.11. The van der Waals surface area contributed by atoms with Gasteiger partial charge in [-0.15, -0.1) is 0 Å². The van der Waals surface area contributed by atoms with Crippen molar-refractivity contribution < 1.29 is 22.8 Å². The van der Waals surface area contributed by atoms with Crippen LogP contribution in [0.3, 0.4) is 0 Å². The lowest BCUT2D eigenvalue weighted by Gasteiger charge is -2.07. The summed E-state index contributed by atoms with van der Waals surface area (Å²) in [5, 5.41) is 1.79. The number of rotatable bonds is 7. The third-order valence-electron chi connectivity index (χ3n) is 2.72. The van der Waals surface area contributed by atoms with E-state index in [1.807, 2.05) is 6.07 Å². The maximum absolute atomic E-state index is 11.9. The molecule has 110 valence electrons. The Bertz CT molecular complexity index is 443. The van der Waals surface area contributed by atoms with Gasteiger partial charge in [-0.05, 0) is 12.8 Å². The zero-order chi connectivity index (χ0) is 15.0. The van der Waals surface area contributed by atoms with E-state index in [4.69, 9.17) is 0 Å². The Kier molecular flexibility index (Phi) is 6.21. The summed E-state index contributed by atoms with van der Waals surface area (Å²) < 4.78 is 35.6. The van der Waals surface area contributed by atoms with E-state index in [0.29, 0.717) is 31.2 Å². The molecule has 0 aliphatic heterocycles. The van der Waals surface area contributed by atoms with Gasteiger partial charge in [0.2, 0.25) is 0 Å². The number of halogens is 3. The Hall–Kier alpha value is -1.85. The molecule has 0 saturated heterocycles. The Labute approximate surface area is 115 Å². The van der Waals surface area contributed by atoms with Crippen molar-refractivity contribution in [3.8, 4) is 0 Å². The van der Waals surface area contributed by atoms with Crippen molar-refractivity contribution in [1.82, 2.24) is 5.32 Å². The number of benzene rings is 1. The molecule has 0 atom stereocenters. The molecule has 1 aromatic rings. The highest BCUT2D eigenvalue weighted by Crippen LogP contribution is 2.14. The molecule has 1 rings (SSSR count). The molecule has 0 aromatic heterocycles. The third kappa shape index (κ3) is 5.86. The number of unbranched alkanes of at least 4 members (excludes halogenated alkanes) is 2. The molecule has 20 heavy (non-hydrogen) atoms. The summed E-state index contributed by atoms with van der Waals surface area (Å²) >= 11 is 0. The van der Waals surface area contributed by atoms with Crippen LogP contribution >= 0.6 is 0 Å². The lowest BCUT2D eigenvalue weighted by Crippen LogP contribution is -2.37. The number of Topliss-reactive ketones (excluding diaryl/α,β-unsaturated/α-hetero) is 1. The number of carbonyl (C=O) groups excluding carboxylic acids is 2. The molecule has 1 amide bonds. The first-order valence-electron chi connectivity index (χ1n) is 6.34. The van der Waals surface area contributed by atoms with Gasteiger partial charge in [-0.1, -0.05) is 36.8 Å². The zero-order valence-corrected chi connectivity index (χ0v) is 10.9. The van der Waals surface area contributed by atoms with Gasteiger partial charge in [0.25, 0.3) is 0 Å². The van der Waals surface area contributed by atoms with Gasteiger partial charge in [-0.2, -0.15) is 13.2 Å². The van der Waals surface area contributed by atoms with Gasteiger partial charge < -0.3 is 5.32 Å². The van der Waals surface area contributed by atoms with E-state index in [2.05, 4.69) is 0 Å². The van der Waals surface area contributed by atoms with E-state index in [1.165, 1.54) is 0 Å². The van der Waals surface area contributed by atoms with Crippen LogP contribution in [0.15, 0.2) is 30.3 Å². The number of hydrogen-bond donors (Lipinski definition) is 1. The SMILES string of the molecule is O=C(CCCCCNC(=O)C(F)(F)F)c1ccccc1. The third-order valence-corrected chi connectivity index (χ3v) is 2.72. The zero-order valence-electron chi connectivity index (χ0n) is 10.9. The van der Waals surface area contributed by atoms with Gasteiger partial charge in [-0.3, -0.25) is 9.59 Å². The number of nitrogens with one attached hydrogen (secondary N) is 1. The summed E-state index contributed by atoms with van der Waals surface area (Å²) in [6.07, 6.45) is -2.86. The Morgan fingerprint density at radius 2 is 1.65 bits per heavy atom. The van der Waals surface area contributed by atoms with Crippen LogP contribution < -0.4 is 5.32 Å². The van der Waals surface area contributed by atoms with Crippen LogP contribution in [0.1, 0.15) is 36.0 Å². The molecular formula is C14H16F3NO2. The van der Waals surface area contributed by atoms with Gasteiger partial charge in [0, 0.05) is 18.5 Å². The predicted octanol–water partition coefficient (Wildman–Crippen LogP) is 3.11. The molecule has 0 fully saturated rings. The van der Waals surface area contributed by atoms with Crippen LogP contribution in [0.5, 0.6) is 0 Å². The van der Waals surface area contributed by atoms with E-state index in [-0.39, 0.29) is 12.3 Å². The van der Waals surface area contributed by atoms with Crippen molar-refractivity contribution in [3.05, 3.63) is 35.9 Å². The van der Waals surface area contributed by atoms with E-state index < -0.39 is 12.1 Å². The number of carbonyl (C=O) groups is 2. The van der Waals surface area contributed by atoms with Gasteiger partial charge in [0.1, 0.15) is 0 Å². The van der Waals surface area contributed by atoms with E-state index in [0.717, 1.165) is 0 Å². The van der Waals surface area contributed by atoms with Crippen molar-refractivity contribution in [2.24, 2.45) is 0 Å². The van der Waals surface area contributed by atoms with Crippen molar-refractivity contribution in [1.29, 1.82) is 0 Å². The molecule has 0 radical (unpaired) electrons. The second-order valence-electron chi connectivity index (χ2n) is 4.35. The number of ketones is 1. The molecule has 0 spiro atoms. The predicted molar refractivity (Wildman–Crippen MR) is 68.3 cm³/mol. The fourth-order valence-electron chi connectivity index (χ4n) is 1.66. The fourth-order valence-corrected chi connectivity index (χ4v) is 1.66. The van der Waals surface area contributed by atoms with Gasteiger partial charge >= 0.3 is 12.1 Å². The van der Waals surface area contributed by atoms with Crippen molar-refractivity contribution in [2.45, 2.75) is 31.9 Å². The summed E-state index contributed by atoms with van der Waals surface area (Å²) in [6, 6.07) is 8.83. The minimum Gasteiger partial charge on any atom is -0.348 e. The smallest absolute Gasteiger partial charge is 0.348 e. The first-order chi connectivity index (χ1) is 9.41. The maximum atomic E-state index is 11.9. The van der Waals surface area contributed by atoms with Crippen LogP contribution in [-0.2, 0) is 4.79 Å². The number of hydrogen-bond acceptors (Lipinski definition) is 2. The van der Waals surface area contributed by atoms with E-state index in [1.54, 1.807) is 29.6 Å². The minimum absolute atomic E-state index is 0.0185. The Morgan fingerprint density at radius 3 is 2.25 bits per heavy atom. The quantitative estimate of drug-likeness (QED) is 0.618. The second kappa shape index (κ2) is 7.67. The first-order valence-corrected chi connectivity index (χ1v) is 6.34.